The van der Waals surface area contributed by atoms with Crippen LogP contribution in [0.2, 0.25) is 0 Å². The Morgan fingerprint density at radius 2 is 0.882 bits per heavy atom. The van der Waals surface area contributed by atoms with E-state index in [1.165, 1.54) is 11.1 Å². The lowest BCUT2D eigenvalue weighted by Crippen LogP contribution is -2.05. The van der Waals surface area contributed by atoms with E-state index in [1.54, 1.807) is 0 Å². The maximum absolute atomic E-state index is 10.4. The molecule has 3 heterocycles. The van der Waals surface area contributed by atoms with Crippen molar-refractivity contribution in [3.05, 3.63) is 228 Å². The third kappa shape index (κ3) is 6.78. The molecule has 7 nitrogen and oxygen atoms in total. The van der Waals surface area contributed by atoms with Gasteiger partial charge in [-0.1, -0.05) is 145 Å². The molecule has 7 heteroatoms. The highest BCUT2D eigenvalue weighted by molar-refractivity contribution is 6.12. The topological polar surface area (TPSA) is 76.7 Å². The minimum Gasteiger partial charge on any atom is -0.309 e. The Balaban J connectivity index is 1.11. The number of fused-ring (bicyclic) bond motifs is 6. The highest BCUT2D eigenvalue weighted by Crippen LogP contribution is 2.42. The van der Waals surface area contributed by atoms with Crippen molar-refractivity contribution in [3.8, 4) is 73.9 Å². The van der Waals surface area contributed by atoms with Gasteiger partial charge in [0.25, 0.3) is 0 Å². The first-order valence-corrected chi connectivity index (χ1v) is 22.5. The van der Waals surface area contributed by atoms with Crippen LogP contribution in [0.15, 0.2) is 200 Å². The summed E-state index contributed by atoms with van der Waals surface area (Å²) in [6.45, 7) is 12.4. The number of aromatic nitrogens is 5. The standard InChI is InChI=1S/C61H39N7/c1-38-13-11-17-42(31-38)44-24-28-55-49(34-44)47-19-7-9-21-53(47)67(55)57-27-23-40(37-62)33-51(57)60-64-59(41-15-5-4-6-16-41)65-61(66-60)52-36-46(63-3)26-30-58(52)68-54-22-10-8-20-48(54)50-35-45(25-29-56(50)68)43-18-12-14-39(2)32-43/h4-36H,1-2H3. The van der Waals surface area contributed by atoms with E-state index in [1.807, 2.05) is 66.7 Å². The van der Waals surface area contributed by atoms with Crippen LogP contribution in [0.4, 0.5) is 5.69 Å². The van der Waals surface area contributed by atoms with Gasteiger partial charge in [-0.3, -0.25) is 0 Å². The van der Waals surface area contributed by atoms with Crippen molar-refractivity contribution in [1.29, 1.82) is 5.26 Å². The molecule has 0 atom stereocenters. The van der Waals surface area contributed by atoms with Crippen LogP contribution >= 0.6 is 0 Å². The maximum Gasteiger partial charge on any atom is 0.188 e. The Hall–Kier alpha value is -9.43. The first-order valence-electron chi connectivity index (χ1n) is 22.5. The highest BCUT2D eigenvalue weighted by Gasteiger charge is 2.23. The second-order valence-electron chi connectivity index (χ2n) is 17.2. The average Bonchev–Trinajstić information content (AvgIpc) is 3.90. The van der Waals surface area contributed by atoms with E-state index < -0.39 is 0 Å². The van der Waals surface area contributed by atoms with E-state index in [9.17, 15) is 5.26 Å². The number of para-hydroxylation sites is 2. The molecule has 12 aromatic rings. The smallest absolute Gasteiger partial charge is 0.188 e. The molecule has 0 saturated heterocycles. The molecule has 0 bridgehead atoms. The Labute approximate surface area is 393 Å². The van der Waals surface area contributed by atoms with Gasteiger partial charge in [0, 0.05) is 38.2 Å². The van der Waals surface area contributed by atoms with Crippen LogP contribution in [-0.2, 0) is 0 Å². The van der Waals surface area contributed by atoms with Crippen molar-refractivity contribution in [1.82, 2.24) is 24.1 Å². The molecule has 0 radical (unpaired) electrons. The van der Waals surface area contributed by atoms with Gasteiger partial charge in [-0.05, 0) is 103 Å². The van der Waals surface area contributed by atoms with E-state index in [2.05, 4.69) is 167 Å². The molecule has 0 saturated carbocycles. The van der Waals surface area contributed by atoms with E-state index in [-0.39, 0.29) is 0 Å². The molecule has 3 aromatic heterocycles. The largest absolute Gasteiger partial charge is 0.309 e. The van der Waals surface area contributed by atoms with Crippen molar-refractivity contribution in [2.24, 2.45) is 0 Å². The second-order valence-corrected chi connectivity index (χ2v) is 17.2. The van der Waals surface area contributed by atoms with Crippen LogP contribution in [0.1, 0.15) is 16.7 Å². The van der Waals surface area contributed by atoms with E-state index in [0.29, 0.717) is 39.9 Å². The lowest BCUT2D eigenvalue weighted by Gasteiger charge is -2.17. The van der Waals surface area contributed by atoms with E-state index >= 15 is 0 Å². The number of benzene rings is 9. The maximum atomic E-state index is 10.4. The molecular weight excluding hydrogens is 831 g/mol. The number of hydrogen-bond donors (Lipinski definition) is 0. The number of rotatable bonds is 7. The second kappa shape index (κ2) is 16.2. The van der Waals surface area contributed by atoms with E-state index in [0.717, 1.165) is 82.8 Å². The fourth-order valence-corrected chi connectivity index (χ4v) is 9.75. The summed E-state index contributed by atoms with van der Waals surface area (Å²) in [5, 5.41) is 14.8. The summed E-state index contributed by atoms with van der Waals surface area (Å²) in [6.07, 6.45) is 0. The summed E-state index contributed by atoms with van der Waals surface area (Å²) < 4.78 is 4.51. The molecule has 12 rings (SSSR count). The van der Waals surface area contributed by atoms with Gasteiger partial charge in [-0.15, -0.1) is 0 Å². The molecule has 0 spiro atoms. The quantitative estimate of drug-likeness (QED) is 0.150. The fraction of sp³-hybridized carbons (Fsp3) is 0.0328. The van der Waals surface area contributed by atoms with Crippen molar-refractivity contribution in [2.75, 3.05) is 0 Å². The third-order valence-electron chi connectivity index (χ3n) is 12.9. The summed E-state index contributed by atoms with van der Waals surface area (Å²) in [5.74, 6) is 1.26. The zero-order chi connectivity index (χ0) is 45.9. The Kier molecular flexibility index (Phi) is 9.57. The predicted octanol–water partition coefficient (Wildman–Crippen LogP) is 15.4. The SMILES string of the molecule is [C-]#[N+]c1ccc(-n2c3ccccc3c3cc(-c4cccc(C)c4)ccc32)c(-c2nc(-c3ccccc3)nc(-c3cc(C#N)ccc3-n3c4ccccc4c4cc(-c5cccc(C)c5)ccc43)n2)c1. The summed E-state index contributed by atoms with van der Waals surface area (Å²) in [7, 11) is 0. The minimum absolute atomic E-state index is 0.396. The van der Waals surface area contributed by atoms with Gasteiger partial charge in [0.05, 0.1) is 51.6 Å². The third-order valence-corrected chi connectivity index (χ3v) is 12.9. The molecule has 0 N–H and O–H groups in total. The molecule has 0 fully saturated rings. The first kappa shape index (κ1) is 40.1. The molecule has 68 heavy (non-hydrogen) atoms. The van der Waals surface area contributed by atoms with Gasteiger partial charge in [0.15, 0.2) is 23.2 Å². The van der Waals surface area contributed by atoms with Gasteiger partial charge in [-0.25, -0.2) is 19.8 Å². The van der Waals surface area contributed by atoms with Gasteiger partial charge in [-0.2, -0.15) is 5.26 Å². The van der Waals surface area contributed by atoms with Crippen LogP contribution in [-0.4, -0.2) is 24.1 Å². The highest BCUT2D eigenvalue weighted by atomic mass is 15.1. The monoisotopic (exact) mass is 869 g/mol. The Morgan fingerprint density at radius 3 is 1.43 bits per heavy atom. The van der Waals surface area contributed by atoms with Crippen molar-refractivity contribution < 1.29 is 0 Å². The summed E-state index contributed by atoms with van der Waals surface area (Å²) >= 11 is 0. The average molecular weight is 870 g/mol. The molecule has 9 aromatic carbocycles. The van der Waals surface area contributed by atoms with Gasteiger partial charge in [0.1, 0.15) is 0 Å². The van der Waals surface area contributed by atoms with E-state index in [4.69, 9.17) is 21.5 Å². The molecule has 0 unspecified atom stereocenters. The van der Waals surface area contributed by atoms with Crippen molar-refractivity contribution >= 4 is 49.3 Å². The summed E-state index contributed by atoms with van der Waals surface area (Å²) in [4.78, 5) is 19.8. The molecule has 0 aliphatic rings. The predicted molar refractivity (Wildman–Crippen MR) is 276 cm³/mol. The first-order chi connectivity index (χ1) is 33.4. The summed E-state index contributed by atoms with van der Waals surface area (Å²) in [6, 6.07) is 71.0. The molecule has 0 amide bonds. The lowest BCUT2D eigenvalue weighted by atomic mass is 10.0. The zero-order valence-corrected chi connectivity index (χ0v) is 37.2. The van der Waals surface area contributed by atoms with Crippen molar-refractivity contribution in [3.63, 3.8) is 0 Å². The molecule has 0 aliphatic heterocycles. The van der Waals surface area contributed by atoms with Crippen LogP contribution in [0.3, 0.4) is 0 Å². The van der Waals surface area contributed by atoms with Crippen molar-refractivity contribution in [2.45, 2.75) is 13.8 Å². The number of aryl methyl sites for hydroxylation is 2. The van der Waals surface area contributed by atoms with Crippen LogP contribution in [0.25, 0.3) is 116 Å². The Bertz CT molecular complexity index is 3840. The van der Waals surface area contributed by atoms with Gasteiger partial charge >= 0.3 is 0 Å². The summed E-state index contributed by atoms with van der Waals surface area (Å²) in [5.41, 5.74) is 15.7. The molecule has 0 aliphatic carbocycles. The number of nitrogens with zero attached hydrogens (tertiary/aromatic N) is 7. The van der Waals surface area contributed by atoms with Gasteiger partial charge in [0.2, 0.25) is 0 Å². The minimum atomic E-state index is 0.396. The van der Waals surface area contributed by atoms with Crippen LogP contribution in [0.5, 0.6) is 0 Å². The Morgan fingerprint density at radius 1 is 0.412 bits per heavy atom. The van der Waals surface area contributed by atoms with Gasteiger partial charge < -0.3 is 9.13 Å². The molecule has 318 valence electrons. The zero-order valence-electron chi connectivity index (χ0n) is 37.2. The fourth-order valence-electron chi connectivity index (χ4n) is 9.75. The molecular formula is C61H39N7. The van der Waals surface area contributed by atoms with Crippen LogP contribution < -0.4 is 0 Å². The normalized spacial score (nSPS) is 11.4. The number of nitriles is 1. The number of hydrogen-bond acceptors (Lipinski definition) is 4. The van der Waals surface area contributed by atoms with Crippen LogP contribution in [0, 0.1) is 31.8 Å². The lowest BCUT2D eigenvalue weighted by molar-refractivity contribution is 1.06.